The number of hydrogen-bond donors (Lipinski definition) is 2. The zero-order valence-electron chi connectivity index (χ0n) is 13.2. The van der Waals surface area contributed by atoms with Crippen molar-refractivity contribution in [2.24, 2.45) is 10.8 Å². The Morgan fingerprint density at radius 1 is 1.32 bits per heavy atom. The van der Waals surface area contributed by atoms with Crippen molar-refractivity contribution >= 4 is 0 Å². The number of nitrogens with one attached hydrogen (secondary N) is 2. The van der Waals surface area contributed by atoms with Crippen molar-refractivity contribution in [2.45, 2.75) is 65.5 Å². The second-order valence-electron chi connectivity index (χ2n) is 7.11. The molecule has 2 aliphatic rings. The van der Waals surface area contributed by atoms with E-state index in [0.717, 1.165) is 6.61 Å². The predicted molar refractivity (Wildman–Crippen MR) is 80.4 cm³/mol. The van der Waals surface area contributed by atoms with Gasteiger partial charge in [-0.3, -0.25) is 0 Å². The molecule has 0 radical (unpaired) electrons. The fourth-order valence-electron chi connectivity index (χ4n) is 3.83. The summed E-state index contributed by atoms with van der Waals surface area (Å²) in [5.41, 5.74) is 0.789. The molecule has 2 rings (SSSR count). The van der Waals surface area contributed by atoms with Crippen LogP contribution in [0, 0.1) is 10.8 Å². The van der Waals surface area contributed by atoms with Crippen molar-refractivity contribution in [2.75, 3.05) is 26.2 Å². The summed E-state index contributed by atoms with van der Waals surface area (Å²) in [7, 11) is 0. The van der Waals surface area contributed by atoms with E-state index in [9.17, 15) is 0 Å². The minimum atomic E-state index is 0.287. The van der Waals surface area contributed by atoms with Crippen molar-refractivity contribution < 1.29 is 4.74 Å². The lowest BCUT2D eigenvalue weighted by Gasteiger charge is -2.52. The van der Waals surface area contributed by atoms with Crippen LogP contribution in [-0.2, 0) is 4.74 Å². The fraction of sp³-hybridized carbons (Fsp3) is 1.00. The molecule has 1 aliphatic carbocycles. The lowest BCUT2D eigenvalue weighted by molar-refractivity contribution is -0.115. The van der Waals surface area contributed by atoms with Gasteiger partial charge in [0.15, 0.2) is 0 Å². The summed E-state index contributed by atoms with van der Waals surface area (Å²) in [5.74, 6) is 0. The second-order valence-corrected chi connectivity index (χ2v) is 7.11. The number of rotatable bonds is 7. The molecule has 3 atom stereocenters. The zero-order valence-corrected chi connectivity index (χ0v) is 13.2. The molecule has 3 unspecified atom stereocenters. The predicted octanol–water partition coefficient (Wildman–Crippen LogP) is 2.56. The van der Waals surface area contributed by atoms with Gasteiger partial charge in [0.05, 0.1) is 6.10 Å². The highest BCUT2D eigenvalue weighted by atomic mass is 16.5. The average molecular weight is 268 g/mol. The molecule has 1 saturated heterocycles. The van der Waals surface area contributed by atoms with E-state index < -0.39 is 0 Å². The Hall–Kier alpha value is -0.120. The largest absolute Gasteiger partial charge is 0.378 e. The normalized spacial score (nSPS) is 37.3. The molecule has 0 aromatic carbocycles. The Kier molecular flexibility index (Phi) is 4.91. The van der Waals surface area contributed by atoms with Crippen LogP contribution in [0.3, 0.4) is 0 Å². The quantitative estimate of drug-likeness (QED) is 0.744. The topological polar surface area (TPSA) is 33.3 Å². The molecule has 0 aromatic heterocycles. The highest BCUT2D eigenvalue weighted by Crippen LogP contribution is 2.43. The summed E-state index contributed by atoms with van der Waals surface area (Å²) >= 11 is 0. The molecule has 1 aliphatic heterocycles. The lowest BCUT2D eigenvalue weighted by Crippen LogP contribution is -2.62. The van der Waals surface area contributed by atoms with Crippen LogP contribution in [0.5, 0.6) is 0 Å². The summed E-state index contributed by atoms with van der Waals surface area (Å²) in [5, 5.41) is 7.39. The third kappa shape index (κ3) is 3.14. The van der Waals surface area contributed by atoms with E-state index in [4.69, 9.17) is 4.74 Å². The van der Waals surface area contributed by atoms with E-state index in [-0.39, 0.29) is 5.41 Å². The Labute approximate surface area is 118 Å². The molecule has 3 heteroatoms. The van der Waals surface area contributed by atoms with E-state index in [0.29, 0.717) is 17.6 Å². The molecule has 0 spiro atoms. The molecule has 0 aromatic rings. The van der Waals surface area contributed by atoms with Crippen LogP contribution in [-0.4, -0.2) is 38.4 Å². The smallest absolute Gasteiger partial charge is 0.0655 e. The Bertz CT molecular complexity index is 284. The van der Waals surface area contributed by atoms with Crippen LogP contribution in [0.4, 0.5) is 0 Å². The molecular formula is C16H32N2O. The van der Waals surface area contributed by atoms with Gasteiger partial charge in [-0.1, -0.05) is 27.2 Å². The maximum atomic E-state index is 5.82. The number of ether oxygens (including phenoxy) is 1. The highest BCUT2D eigenvalue weighted by molar-refractivity contribution is 5.04. The fourth-order valence-corrected chi connectivity index (χ4v) is 3.83. The minimum absolute atomic E-state index is 0.287. The maximum Gasteiger partial charge on any atom is 0.0655 e. The zero-order chi connectivity index (χ0) is 13.9. The first kappa shape index (κ1) is 15.3. The van der Waals surface area contributed by atoms with Crippen LogP contribution < -0.4 is 10.6 Å². The standard InChI is InChI=1S/C16H32N2O/c1-5-7-16(8-9-17-11-16)12-18-13-10-14(19-6-2)15(13,3)4/h13-14,17-18H,5-12H2,1-4H3. The van der Waals surface area contributed by atoms with Gasteiger partial charge in [-0.25, -0.2) is 0 Å². The van der Waals surface area contributed by atoms with Crippen LogP contribution >= 0.6 is 0 Å². The van der Waals surface area contributed by atoms with Gasteiger partial charge in [0.1, 0.15) is 0 Å². The molecule has 3 nitrogen and oxygen atoms in total. The second kappa shape index (κ2) is 6.11. The van der Waals surface area contributed by atoms with Gasteiger partial charge < -0.3 is 15.4 Å². The minimum Gasteiger partial charge on any atom is -0.378 e. The highest BCUT2D eigenvalue weighted by Gasteiger charge is 2.49. The van der Waals surface area contributed by atoms with Crippen molar-refractivity contribution in [1.82, 2.24) is 10.6 Å². The molecule has 0 amide bonds. The Morgan fingerprint density at radius 3 is 2.63 bits per heavy atom. The first-order chi connectivity index (χ1) is 9.04. The van der Waals surface area contributed by atoms with Crippen molar-refractivity contribution in [3.8, 4) is 0 Å². The SMILES string of the molecule is CCCC1(CNC2CC(OCC)C2(C)C)CCNC1. The molecule has 1 heterocycles. The van der Waals surface area contributed by atoms with E-state index >= 15 is 0 Å². The monoisotopic (exact) mass is 268 g/mol. The van der Waals surface area contributed by atoms with Gasteiger partial charge >= 0.3 is 0 Å². The molecule has 112 valence electrons. The summed E-state index contributed by atoms with van der Waals surface area (Å²) in [6.07, 6.45) is 5.58. The van der Waals surface area contributed by atoms with E-state index in [1.807, 2.05) is 0 Å². The first-order valence-electron chi connectivity index (χ1n) is 8.10. The van der Waals surface area contributed by atoms with Gasteiger partial charge in [-0.2, -0.15) is 0 Å². The Morgan fingerprint density at radius 2 is 2.11 bits per heavy atom. The average Bonchev–Trinajstić information content (AvgIpc) is 2.82. The van der Waals surface area contributed by atoms with Gasteiger partial charge in [-0.15, -0.1) is 0 Å². The van der Waals surface area contributed by atoms with Gasteiger partial charge in [0.25, 0.3) is 0 Å². The molecule has 1 saturated carbocycles. The van der Waals surface area contributed by atoms with Crippen LogP contribution in [0.15, 0.2) is 0 Å². The molecular weight excluding hydrogens is 236 g/mol. The van der Waals surface area contributed by atoms with E-state index in [2.05, 4.69) is 38.3 Å². The Balaban J connectivity index is 1.82. The van der Waals surface area contributed by atoms with Crippen molar-refractivity contribution in [3.63, 3.8) is 0 Å². The molecule has 2 fully saturated rings. The summed E-state index contributed by atoms with van der Waals surface area (Å²) in [6, 6.07) is 0.624. The third-order valence-corrected chi connectivity index (χ3v) is 5.38. The summed E-state index contributed by atoms with van der Waals surface area (Å²) < 4.78 is 5.82. The van der Waals surface area contributed by atoms with Crippen LogP contribution in [0.25, 0.3) is 0 Å². The van der Waals surface area contributed by atoms with Gasteiger partial charge in [0, 0.05) is 31.2 Å². The van der Waals surface area contributed by atoms with Crippen molar-refractivity contribution in [1.29, 1.82) is 0 Å². The lowest BCUT2D eigenvalue weighted by atomic mass is 9.64. The summed E-state index contributed by atoms with van der Waals surface area (Å²) in [4.78, 5) is 0. The number of hydrogen-bond acceptors (Lipinski definition) is 3. The molecule has 2 N–H and O–H groups in total. The first-order valence-corrected chi connectivity index (χ1v) is 8.10. The van der Waals surface area contributed by atoms with Gasteiger partial charge in [-0.05, 0) is 38.1 Å². The molecule has 19 heavy (non-hydrogen) atoms. The molecule has 0 bridgehead atoms. The maximum absolute atomic E-state index is 5.82. The van der Waals surface area contributed by atoms with E-state index in [1.54, 1.807) is 0 Å². The van der Waals surface area contributed by atoms with Crippen LogP contribution in [0.2, 0.25) is 0 Å². The van der Waals surface area contributed by atoms with Crippen molar-refractivity contribution in [3.05, 3.63) is 0 Å². The van der Waals surface area contributed by atoms with E-state index in [1.165, 1.54) is 45.3 Å². The third-order valence-electron chi connectivity index (χ3n) is 5.38. The van der Waals surface area contributed by atoms with Crippen LogP contribution in [0.1, 0.15) is 53.4 Å². The summed E-state index contributed by atoms with van der Waals surface area (Å²) in [6.45, 7) is 13.5. The van der Waals surface area contributed by atoms with Gasteiger partial charge in [0.2, 0.25) is 0 Å².